The smallest absolute Gasteiger partial charge is 0.430 e. The minimum atomic E-state index is -0.527. The number of pyridine rings is 1. The van der Waals surface area contributed by atoms with Crippen molar-refractivity contribution in [2.24, 2.45) is 0 Å². The molecule has 1 spiro atoms. The zero-order chi connectivity index (χ0) is 14.3. The number of nitrogens with zero attached hydrogens (tertiary/aromatic N) is 4. The molecule has 0 radical (unpaired) electrons. The van der Waals surface area contributed by atoms with E-state index in [1.807, 2.05) is 6.20 Å². The quantitative estimate of drug-likeness (QED) is 0.774. The second-order valence-corrected chi connectivity index (χ2v) is 5.70. The number of rotatable bonds is 2. The summed E-state index contributed by atoms with van der Waals surface area (Å²) in [6.45, 7) is 3.06. The van der Waals surface area contributed by atoms with Crippen LogP contribution in [0.15, 0.2) is 24.7 Å². The van der Waals surface area contributed by atoms with Gasteiger partial charge in [0.15, 0.2) is 11.2 Å². The lowest BCUT2D eigenvalue weighted by Gasteiger charge is -2.36. The molecule has 2 fully saturated rings. The molecule has 2 aromatic rings. The summed E-state index contributed by atoms with van der Waals surface area (Å²) in [5, 5.41) is 4.09. The van der Waals surface area contributed by atoms with Gasteiger partial charge in [-0.25, -0.2) is 14.3 Å². The van der Waals surface area contributed by atoms with E-state index in [1.54, 1.807) is 10.8 Å². The number of carbonyl (C=O) groups is 1. The summed E-state index contributed by atoms with van der Waals surface area (Å²) in [5.41, 5.74) is 1.69. The lowest BCUT2D eigenvalue weighted by molar-refractivity contribution is -0.00163. The molecule has 4 heterocycles. The molecule has 0 saturated carbocycles. The van der Waals surface area contributed by atoms with Crippen LogP contribution < -0.4 is 0 Å². The lowest BCUT2D eigenvalue weighted by atomic mass is 9.92. The Morgan fingerprint density at radius 3 is 2.95 bits per heavy atom. The fraction of sp³-hybridized carbons (Fsp3) is 0.500. The molecule has 0 aromatic carbocycles. The van der Waals surface area contributed by atoms with E-state index in [-0.39, 0.29) is 5.60 Å². The van der Waals surface area contributed by atoms with Crippen LogP contribution in [0.2, 0.25) is 0 Å². The van der Waals surface area contributed by atoms with Crippen LogP contribution in [0.1, 0.15) is 18.4 Å². The highest BCUT2D eigenvalue weighted by Gasteiger charge is 2.44. The first-order valence-corrected chi connectivity index (χ1v) is 7.09. The Hall–Kier alpha value is -2.15. The highest BCUT2D eigenvalue weighted by Crippen LogP contribution is 2.32. The molecule has 0 bridgehead atoms. The van der Waals surface area contributed by atoms with E-state index in [9.17, 15) is 4.79 Å². The molecule has 2 aromatic heterocycles. The average Bonchev–Trinajstić information content (AvgIpc) is 3.08. The summed E-state index contributed by atoms with van der Waals surface area (Å²) in [7, 11) is 0. The third-order valence-corrected chi connectivity index (χ3v) is 4.27. The van der Waals surface area contributed by atoms with Crippen LogP contribution in [0.3, 0.4) is 0 Å². The van der Waals surface area contributed by atoms with Crippen LogP contribution in [-0.4, -0.2) is 51.0 Å². The molecule has 0 aliphatic carbocycles. The van der Waals surface area contributed by atoms with Crippen molar-refractivity contribution >= 4 is 11.8 Å². The van der Waals surface area contributed by atoms with Gasteiger partial charge in [-0.1, -0.05) is 0 Å². The Bertz CT molecular complexity index is 676. The number of ether oxygens (including phenoxy) is 2. The minimum absolute atomic E-state index is 0.384. The number of hydrogen-bond donors (Lipinski definition) is 0. The van der Waals surface area contributed by atoms with Crippen molar-refractivity contribution in [1.82, 2.24) is 19.5 Å². The van der Waals surface area contributed by atoms with E-state index < -0.39 is 6.16 Å². The number of hydrogen-bond acceptors (Lipinski definition) is 6. The zero-order valence-electron chi connectivity index (χ0n) is 11.6. The van der Waals surface area contributed by atoms with Crippen molar-refractivity contribution in [2.75, 3.05) is 19.7 Å². The van der Waals surface area contributed by atoms with Gasteiger partial charge in [0.25, 0.3) is 0 Å². The molecule has 21 heavy (non-hydrogen) atoms. The van der Waals surface area contributed by atoms with Gasteiger partial charge in [0.1, 0.15) is 12.9 Å². The van der Waals surface area contributed by atoms with Gasteiger partial charge in [0, 0.05) is 38.7 Å². The summed E-state index contributed by atoms with van der Waals surface area (Å²) in [4.78, 5) is 17.7. The number of cyclic esters (lactones) is 1. The molecule has 0 unspecified atom stereocenters. The normalized spacial score (nSPS) is 21.6. The Balaban J connectivity index is 1.41. The highest BCUT2D eigenvalue weighted by molar-refractivity contribution is 5.62. The first-order valence-electron chi connectivity index (χ1n) is 7.09. The van der Waals surface area contributed by atoms with E-state index in [1.165, 1.54) is 5.56 Å². The summed E-state index contributed by atoms with van der Waals surface area (Å²) < 4.78 is 12.0. The van der Waals surface area contributed by atoms with E-state index in [4.69, 9.17) is 9.47 Å². The highest BCUT2D eigenvalue weighted by atomic mass is 16.8. The topological polar surface area (TPSA) is 69.0 Å². The van der Waals surface area contributed by atoms with Gasteiger partial charge >= 0.3 is 6.16 Å². The first kappa shape index (κ1) is 12.6. The van der Waals surface area contributed by atoms with Crippen molar-refractivity contribution in [3.8, 4) is 0 Å². The lowest BCUT2D eigenvalue weighted by Crippen LogP contribution is -2.45. The maximum atomic E-state index is 11.1. The molecule has 2 aliphatic rings. The van der Waals surface area contributed by atoms with Crippen LogP contribution in [0, 0.1) is 0 Å². The van der Waals surface area contributed by atoms with Gasteiger partial charge in [-0.05, 0) is 17.7 Å². The van der Waals surface area contributed by atoms with Crippen LogP contribution in [0.25, 0.3) is 5.65 Å². The zero-order valence-corrected chi connectivity index (χ0v) is 11.6. The van der Waals surface area contributed by atoms with Crippen molar-refractivity contribution < 1.29 is 14.3 Å². The van der Waals surface area contributed by atoms with Gasteiger partial charge in [-0.3, -0.25) is 4.90 Å². The molecule has 0 N–H and O–H groups in total. The number of piperidine rings is 1. The standard InChI is InChI=1S/C14H16N4O3/c19-13-20-9-14(21-13)2-5-17(6-3-14)8-11-1-4-18-12(7-11)15-10-16-18/h1,4,7,10H,2-3,5-6,8-9H2. The number of aromatic nitrogens is 3. The molecule has 2 aliphatic heterocycles. The number of fused-ring (bicyclic) bond motifs is 1. The molecule has 4 rings (SSSR count). The SMILES string of the molecule is O=C1OCC2(CCN(Cc3ccn4ncnc4c3)CC2)O1. The maximum Gasteiger partial charge on any atom is 0.509 e. The third-order valence-electron chi connectivity index (χ3n) is 4.27. The first-order chi connectivity index (χ1) is 10.2. The van der Waals surface area contributed by atoms with Crippen LogP contribution >= 0.6 is 0 Å². The molecule has 110 valence electrons. The van der Waals surface area contributed by atoms with Gasteiger partial charge in [0.05, 0.1) is 0 Å². The summed E-state index contributed by atoms with van der Waals surface area (Å²) >= 11 is 0. The van der Waals surface area contributed by atoms with Crippen LogP contribution in [0.5, 0.6) is 0 Å². The molecular weight excluding hydrogens is 272 g/mol. The Morgan fingerprint density at radius 1 is 1.33 bits per heavy atom. The van der Waals surface area contributed by atoms with E-state index in [2.05, 4.69) is 27.1 Å². The maximum absolute atomic E-state index is 11.1. The van der Waals surface area contributed by atoms with E-state index in [0.717, 1.165) is 38.1 Å². The molecule has 0 amide bonds. The van der Waals surface area contributed by atoms with Crippen molar-refractivity contribution in [3.63, 3.8) is 0 Å². The summed E-state index contributed by atoms with van der Waals surface area (Å²) in [6, 6.07) is 4.11. The Labute approximate surface area is 121 Å². The van der Waals surface area contributed by atoms with Crippen LogP contribution in [0.4, 0.5) is 4.79 Å². The average molecular weight is 288 g/mol. The molecule has 7 heteroatoms. The van der Waals surface area contributed by atoms with Gasteiger partial charge < -0.3 is 9.47 Å². The molecule has 0 atom stereocenters. The molecular formula is C14H16N4O3. The third kappa shape index (κ3) is 2.33. The fourth-order valence-corrected chi connectivity index (χ4v) is 3.01. The fourth-order valence-electron chi connectivity index (χ4n) is 3.01. The van der Waals surface area contributed by atoms with Crippen LogP contribution in [-0.2, 0) is 16.0 Å². The van der Waals surface area contributed by atoms with E-state index >= 15 is 0 Å². The van der Waals surface area contributed by atoms with Gasteiger partial charge in [-0.2, -0.15) is 5.10 Å². The Morgan fingerprint density at radius 2 is 2.19 bits per heavy atom. The predicted molar refractivity (Wildman–Crippen MR) is 72.7 cm³/mol. The minimum Gasteiger partial charge on any atom is -0.430 e. The van der Waals surface area contributed by atoms with Crippen molar-refractivity contribution in [2.45, 2.75) is 25.0 Å². The van der Waals surface area contributed by atoms with Crippen molar-refractivity contribution in [1.29, 1.82) is 0 Å². The van der Waals surface area contributed by atoms with E-state index in [0.29, 0.717) is 6.61 Å². The van der Waals surface area contributed by atoms with Crippen molar-refractivity contribution in [3.05, 3.63) is 30.2 Å². The van der Waals surface area contributed by atoms with Gasteiger partial charge in [0.2, 0.25) is 0 Å². The summed E-state index contributed by atoms with van der Waals surface area (Å²) in [6.07, 6.45) is 4.60. The molecule has 7 nitrogen and oxygen atoms in total. The largest absolute Gasteiger partial charge is 0.509 e. The summed E-state index contributed by atoms with van der Waals surface area (Å²) in [5.74, 6) is 0. The monoisotopic (exact) mass is 288 g/mol. The number of likely N-dealkylation sites (tertiary alicyclic amines) is 1. The molecule has 2 saturated heterocycles. The second-order valence-electron chi connectivity index (χ2n) is 5.70. The predicted octanol–water partition coefficient (Wildman–Crippen LogP) is 1.23. The second kappa shape index (κ2) is 4.70. The number of carbonyl (C=O) groups excluding carboxylic acids is 1. The Kier molecular flexibility index (Phi) is 2.81. The van der Waals surface area contributed by atoms with Gasteiger partial charge in [-0.15, -0.1) is 0 Å².